The first-order valence-electron chi connectivity index (χ1n) is 7.85. The molecule has 22 heavy (non-hydrogen) atoms. The molecule has 0 saturated heterocycles. The van der Waals surface area contributed by atoms with Gasteiger partial charge in [0.25, 0.3) is 5.91 Å². The average molecular weight is 299 g/mol. The number of carbonyl (C=O) groups excluding carboxylic acids is 1. The lowest BCUT2D eigenvalue weighted by Crippen LogP contribution is -2.41. The maximum Gasteiger partial charge on any atom is 0.274 e. The van der Waals surface area contributed by atoms with Gasteiger partial charge in [0.1, 0.15) is 5.69 Å². The van der Waals surface area contributed by atoms with E-state index in [-0.39, 0.29) is 11.9 Å². The summed E-state index contributed by atoms with van der Waals surface area (Å²) < 4.78 is 5.14. The molecule has 0 unspecified atom stereocenters. The Morgan fingerprint density at radius 2 is 2.09 bits per heavy atom. The SMILES string of the molecule is Cc1cnc(C(=O)N(Cc2ccoc2)C2CCCCC2)cn1. The molecule has 1 aliphatic carbocycles. The van der Waals surface area contributed by atoms with E-state index in [1.54, 1.807) is 24.9 Å². The summed E-state index contributed by atoms with van der Waals surface area (Å²) in [4.78, 5) is 23.3. The van der Waals surface area contributed by atoms with Crippen molar-refractivity contribution in [2.45, 2.75) is 51.6 Å². The molecule has 1 amide bonds. The Morgan fingerprint density at radius 3 is 2.73 bits per heavy atom. The van der Waals surface area contributed by atoms with Gasteiger partial charge < -0.3 is 9.32 Å². The maximum absolute atomic E-state index is 12.9. The molecule has 1 aliphatic rings. The minimum atomic E-state index is -0.0411. The van der Waals surface area contributed by atoms with Crippen LogP contribution in [0.4, 0.5) is 0 Å². The third kappa shape index (κ3) is 3.35. The fourth-order valence-corrected chi connectivity index (χ4v) is 2.99. The Morgan fingerprint density at radius 1 is 1.27 bits per heavy atom. The molecule has 1 saturated carbocycles. The molecular weight excluding hydrogens is 278 g/mol. The van der Waals surface area contributed by atoms with Gasteiger partial charge in [-0.05, 0) is 25.8 Å². The van der Waals surface area contributed by atoms with E-state index in [0.29, 0.717) is 12.2 Å². The van der Waals surface area contributed by atoms with Crippen molar-refractivity contribution in [1.29, 1.82) is 0 Å². The summed E-state index contributed by atoms with van der Waals surface area (Å²) in [5.41, 5.74) is 2.24. The molecule has 3 rings (SSSR count). The molecule has 2 heterocycles. The topological polar surface area (TPSA) is 59.2 Å². The second kappa shape index (κ2) is 6.73. The van der Waals surface area contributed by atoms with Gasteiger partial charge in [-0.15, -0.1) is 0 Å². The Hall–Kier alpha value is -2.17. The molecule has 2 aromatic heterocycles. The van der Waals surface area contributed by atoms with Crippen molar-refractivity contribution in [1.82, 2.24) is 14.9 Å². The minimum Gasteiger partial charge on any atom is -0.472 e. The largest absolute Gasteiger partial charge is 0.472 e. The lowest BCUT2D eigenvalue weighted by Gasteiger charge is -2.34. The first-order chi connectivity index (χ1) is 10.7. The quantitative estimate of drug-likeness (QED) is 0.868. The second-order valence-electron chi connectivity index (χ2n) is 5.90. The van der Waals surface area contributed by atoms with E-state index in [1.165, 1.54) is 19.3 Å². The van der Waals surface area contributed by atoms with Gasteiger partial charge in [0, 0.05) is 24.3 Å². The summed E-state index contributed by atoms with van der Waals surface area (Å²) >= 11 is 0. The minimum absolute atomic E-state index is 0.0411. The lowest BCUT2D eigenvalue weighted by atomic mass is 9.93. The molecule has 0 atom stereocenters. The van der Waals surface area contributed by atoms with Gasteiger partial charge in [0.2, 0.25) is 0 Å². The molecule has 0 spiro atoms. The molecule has 5 heteroatoms. The Balaban J connectivity index is 1.82. The van der Waals surface area contributed by atoms with Crippen molar-refractivity contribution >= 4 is 5.91 Å². The predicted octanol–water partition coefficient (Wildman–Crippen LogP) is 3.35. The lowest BCUT2D eigenvalue weighted by molar-refractivity contribution is 0.0607. The number of hydrogen-bond donors (Lipinski definition) is 0. The third-order valence-electron chi connectivity index (χ3n) is 4.21. The van der Waals surface area contributed by atoms with Crippen LogP contribution in [0.25, 0.3) is 0 Å². The van der Waals surface area contributed by atoms with Crippen LogP contribution >= 0.6 is 0 Å². The summed E-state index contributed by atoms with van der Waals surface area (Å²) in [6.07, 6.45) is 12.3. The van der Waals surface area contributed by atoms with E-state index in [9.17, 15) is 4.79 Å². The van der Waals surface area contributed by atoms with Crippen LogP contribution in [0.5, 0.6) is 0 Å². The normalized spacial score (nSPS) is 15.7. The number of hydrogen-bond acceptors (Lipinski definition) is 4. The van der Waals surface area contributed by atoms with Crippen LogP contribution in [0.2, 0.25) is 0 Å². The van der Waals surface area contributed by atoms with Crippen molar-refractivity contribution in [3.8, 4) is 0 Å². The van der Waals surface area contributed by atoms with Gasteiger partial charge in [0.15, 0.2) is 0 Å². The van der Waals surface area contributed by atoms with E-state index >= 15 is 0 Å². The molecular formula is C17H21N3O2. The molecule has 0 bridgehead atoms. The summed E-state index contributed by atoms with van der Waals surface area (Å²) in [5.74, 6) is -0.0411. The van der Waals surface area contributed by atoms with Crippen molar-refractivity contribution in [2.75, 3.05) is 0 Å². The van der Waals surface area contributed by atoms with Gasteiger partial charge in [0.05, 0.1) is 24.4 Å². The smallest absolute Gasteiger partial charge is 0.274 e. The monoisotopic (exact) mass is 299 g/mol. The maximum atomic E-state index is 12.9. The zero-order valence-corrected chi connectivity index (χ0v) is 12.9. The molecule has 2 aromatic rings. The fourth-order valence-electron chi connectivity index (χ4n) is 2.99. The van der Waals surface area contributed by atoms with Crippen LogP contribution in [-0.4, -0.2) is 26.8 Å². The number of aromatic nitrogens is 2. The van der Waals surface area contributed by atoms with Crippen LogP contribution in [0.1, 0.15) is 53.8 Å². The van der Waals surface area contributed by atoms with Crippen molar-refractivity contribution in [3.05, 3.63) is 47.9 Å². The highest BCUT2D eigenvalue weighted by Crippen LogP contribution is 2.25. The summed E-state index contributed by atoms with van der Waals surface area (Å²) in [5, 5.41) is 0. The Labute approximate surface area is 130 Å². The van der Waals surface area contributed by atoms with Crippen LogP contribution in [0.3, 0.4) is 0 Å². The molecule has 0 N–H and O–H groups in total. The van der Waals surface area contributed by atoms with Crippen LogP contribution in [0, 0.1) is 6.92 Å². The first-order valence-corrected chi connectivity index (χ1v) is 7.85. The van der Waals surface area contributed by atoms with E-state index in [2.05, 4.69) is 9.97 Å². The van der Waals surface area contributed by atoms with Gasteiger partial charge in [-0.2, -0.15) is 0 Å². The van der Waals surface area contributed by atoms with Gasteiger partial charge >= 0.3 is 0 Å². The number of carbonyl (C=O) groups is 1. The zero-order chi connectivity index (χ0) is 15.4. The van der Waals surface area contributed by atoms with Crippen LogP contribution in [-0.2, 0) is 6.54 Å². The van der Waals surface area contributed by atoms with E-state index in [0.717, 1.165) is 24.1 Å². The Kier molecular flexibility index (Phi) is 4.51. The van der Waals surface area contributed by atoms with Gasteiger partial charge in [-0.3, -0.25) is 9.78 Å². The van der Waals surface area contributed by atoms with Gasteiger partial charge in [-0.1, -0.05) is 19.3 Å². The summed E-state index contributed by atoms with van der Waals surface area (Å²) in [7, 11) is 0. The predicted molar refractivity (Wildman–Crippen MR) is 82.2 cm³/mol. The molecule has 0 radical (unpaired) electrons. The first kappa shape index (κ1) is 14.8. The molecule has 1 fully saturated rings. The number of furan rings is 1. The van der Waals surface area contributed by atoms with Crippen molar-refractivity contribution in [3.63, 3.8) is 0 Å². The number of rotatable bonds is 4. The van der Waals surface area contributed by atoms with E-state index in [4.69, 9.17) is 4.42 Å². The highest BCUT2D eigenvalue weighted by Gasteiger charge is 2.27. The van der Waals surface area contributed by atoms with Crippen LogP contribution < -0.4 is 0 Å². The third-order valence-corrected chi connectivity index (χ3v) is 4.21. The number of nitrogens with zero attached hydrogens (tertiary/aromatic N) is 3. The molecule has 0 aromatic carbocycles. The summed E-state index contributed by atoms with van der Waals surface area (Å²) in [6.45, 7) is 2.43. The highest BCUT2D eigenvalue weighted by atomic mass is 16.3. The molecule has 0 aliphatic heterocycles. The van der Waals surface area contributed by atoms with Crippen molar-refractivity contribution < 1.29 is 9.21 Å². The van der Waals surface area contributed by atoms with Gasteiger partial charge in [-0.25, -0.2) is 4.98 Å². The standard InChI is InChI=1S/C17H21N3O2/c1-13-9-19-16(10-18-13)17(21)20(11-14-7-8-22-12-14)15-5-3-2-4-6-15/h7-10,12,15H,2-6,11H2,1H3. The highest BCUT2D eigenvalue weighted by molar-refractivity contribution is 5.92. The van der Waals surface area contributed by atoms with E-state index in [1.807, 2.05) is 17.9 Å². The molecule has 5 nitrogen and oxygen atoms in total. The Bertz CT molecular complexity index is 601. The summed E-state index contributed by atoms with van der Waals surface area (Å²) in [6, 6.07) is 2.18. The van der Waals surface area contributed by atoms with Crippen molar-refractivity contribution in [2.24, 2.45) is 0 Å². The zero-order valence-electron chi connectivity index (χ0n) is 12.9. The average Bonchev–Trinajstić information content (AvgIpc) is 3.07. The fraction of sp³-hybridized carbons (Fsp3) is 0.471. The molecule has 116 valence electrons. The van der Waals surface area contributed by atoms with E-state index < -0.39 is 0 Å². The number of aryl methyl sites for hydroxylation is 1. The van der Waals surface area contributed by atoms with Crippen LogP contribution in [0.15, 0.2) is 35.4 Å². The second-order valence-corrected chi connectivity index (χ2v) is 5.90. The number of amides is 1.